The molecule has 0 aliphatic heterocycles. The van der Waals surface area contributed by atoms with E-state index < -0.39 is 48.4 Å². The summed E-state index contributed by atoms with van der Waals surface area (Å²) in [7, 11) is 1.63. The van der Waals surface area contributed by atoms with E-state index in [9.17, 15) is 24.6 Å². The van der Waals surface area contributed by atoms with Crippen molar-refractivity contribution in [2.45, 2.75) is 89.9 Å². The summed E-state index contributed by atoms with van der Waals surface area (Å²) in [5.74, 6) is -0.246. The summed E-state index contributed by atoms with van der Waals surface area (Å²) in [6.07, 6.45) is -1.01. The molecule has 2 heterocycles. The van der Waals surface area contributed by atoms with Crippen LogP contribution in [0.4, 0.5) is 9.59 Å². The number of hydrogen-bond donors (Lipinski definition) is 5. The van der Waals surface area contributed by atoms with Gasteiger partial charge in [0.1, 0.15) is 18.2 Å². The highest BCUT2D eigenvalue weighted by molar-refractivity contribution is 7.09. The van der Waals surface area contributed by atoms with Crippen molar-refractivity contribution in [1.29, 1.82) is 0 Å². The molecule has 4 amide bonds. The second kappa shape index (κ2) is 19.0. The van der Waals surface area contributed by atoms with Crippen molar-refractivity contribution in [3.05, 3.63) is 106 Å². The van der Waals surface area contributed by atoms with E-state index in [1.54, 1.807) is 18.4 Å². The molecular formula is C37H48N6O7S. The summed E-state index contributed by atoms with van der Waals surface area (Å²) in [4.78, 5) is 49.9. The number of nitrogens with one attached hydrogen (secondary N) is 3. The number of hydrogen-bond acceptors (Lipinski definition) is 10. The van der Waals surface area contributed by atoms with Crippen LogP contribution >= 0.6 is 11.3 Å². The second-order valence-electron chi connectivity index (χ2n) is 13.1. The van der Waals surface area contributed by atoms with Gasteiger partial charge in [-0.2, -0.15) is 0 Å². The molecule has 0 aliphatic rings. The van der Waals surface area contributed by atoms with E-state index in [0.29, 0.717) is 5.76 Å². The third-order valence-corrected chi connectivity index (χ3v) is 9.46. The molecule has 2 aromatic carbocycles. The highest BCUT2D eigenvalue weighted by atomic mass is 32.1. The lowest BCUT2D eigenvalue weighted by molar-refractivity contribution is -0.126. The molecule has 0 radical (unpaired) electrons. The number of nitrogens with zero attached hydrogens (tertiary/aromatic N) is 3. The zero-order chi connectivity index (χ0) is 36.9. The lowest BCUT2D eigenvalue weighted by Crippen LogP contribution is -2.60. The molecule has 51 heavy (non-hydrogen) atoms. The number of aliphatic hydroxyl groups excluding tert-OH is 2. The second-order valence-corrected chi connectivity index (χ2v) is 14.0. The molecule has 0 aliphatic carbocycles. The first-order valence-electron chi connectivity index (χ1n) is 16.9. The Morgan fingerprint density at radius 2 is 1.47 bits per heavy atom. The Hall–Kier alpha value is -4.79. The molecule has 0 fully saturated rings. The van der Waals surface area contributed by atoms with E-state index in [1.807, 2.05) is 79.9 Å². The van der Waals surface area contributed by atoms with E-state index >= 15 is 0 Å². The maximum Gasteiger partial charge on any atom is 0.407 e. The van der Waals surface area contributed by atoms with Crippen molar-refractivity contribution < 1.29 is 33.8 Å². The number of aliphatic hydroxyl groups is 2. The highest BCUT2D eigenvalue weighted by Gasteiger charge is 2.36. The first kappa shape index (κ1) is 39.0. The molecule has 14 heteroatoms. The number of rotatable bonds is 17. The van der Waals surface area contributed by atoms with Crippen molar-refractivity contribution >= 4 is 29.4 Å². The molecule has 0 bridgehead atoms. The van der Waals surface area contributed by atoms with Crippen molar-refractivity contribution in [2.24, 2.45) is 5.92 Å². The number of amides is 4. The van der Waals surface area contributed by atoms with Gasteiger partial charge in [0.05, 0.1) is 35.5 Å². The quantitative estimate of drug-likeness (QED) is 0.106. The van der Waals surface area contributed by atoms with E-state index in [4.69, 9.17) is 9.15 Å². The zero-order valence-electron chi connectivity index (χ0n) is 29.6. The minimum Gasteiger partial charge on any atom is -0.445 e. The van der Waals surface area contributed by atoms with Crippen LogP contribution in [0.25, 0.3) is 0 Å². The maximum absolute atomic E-state index is 13.9. The monoisotopic (exact) mass is 720 g/mol. The summed E-state index contributed by atoms with van der Waals surface area (Å²) < 4.78 is 10.4. The van der Waals surface area contributed by atoms with E-state index in [-0.39, 0.29) is 37.8 Å². The van der Waals surface area contributed by atoms with E-state index in [2.05, 4.69) is 39.8 Å². The predicted octanol–water partition coefficient (Wildman–Crippen LogP) is 4.41. The zero-order valence-corrected chi connectivity index (χ0v) is 30.4. The van der Waals surface area contributed by atoms with Gasteiger partial charge in [-0.05, 0) is 29.9 Å². The van der Waals surface area contributed by atoms with Crippen LogP contribution in [-0.4, -0.2) is 80.5 Å². The summed E-state index contributed by atoms with van der Waals surface area (Å²) in [6.45, 7) is 7.81. The SMILES string of the molecule is CC(C)c1nc(CN(C)C(=O)N[C@H](C(=O)N[C@@H](Cc2ccccc2)[C@H](O)[C@@H](O)[C@H](Cc2ccccc2)NC(=O)OCc2cnco2)C(C)C)cs1. The van der Waals surface area contributed by atoms with Crippen LogP contribution in [0, 0.1) is 5.92 Å². The molecular weight excluding hydrogens is 673 g/mol. The number of thiazole rings is 1. The first-order chi connectivity index (χ1) is 24.4. The Balaban J connectivity index is 1.50. The predicted molar refractivity (Wildman–Crippen MR) is 193 cm³/mol. The standard InChI is InChI=1S/C37H48N6O7S/c1-23(2)31(42-36(47)43(5)19-27-21-51-35(39-27)24(3)4)34(46)40-29(16-25-12-8-6-9-13-25)32(44)33(45)30(17-26-14-10-7-11-15-26)41-37(48)49-20-28-18-38-22-50-28/h6-15,18,21-24,29-33,44-45H,16-17,19-20H2,1-5H3,(H,40,46)(H,41,48)(H,42,47)/t29-,30-,31-,32-,33-/m0/s1. The highest BCUT2D eigenvalue weighted by Crippen LogP contribution is 2.20. The Morgan fingerprint density at radius 1 is 0.882 bits per heavy atom. The van der Waals surface area contributed by atoms with Crippen molar-refractivity contribution in [2.75, 3.05) is 7.05 Å². The fraction of sp³-hybridized carbons (Fsp3) is 0.432. The Bertz CT molecular complexity index is 1650. The molecule has 4 rings (SSSR count). The van der Waals surface area contributed by atoms with Gasteiger partial charge < -0.3 is 40.2 Å². The number of oxazole rings is 1. The van der Waals surface area contributed by atoms with Gasteiger partial charge in [0, 0.05) is 18.3 Å². The van der Waals surface area contributed by atoms with Gasteiger partial charge in [0.25, 0.3) is 0 Å². The normalized spacial score (nSPS) is 14.3. The molecule has 274 valence electrons. The van der Waals surface area contributed by atoms with Crippen molar-refractivity contribution in [3.63, 3.8) is 0 Å². The molecule has 0 saturated heterocycles. The van der Waals surface area contributed by atoms with Gasteiger partial charge in [-0.25, -0.2) is 19.6 Å². The van der Waals surface area contributed by atoms with E-state index in [1.165, 1.54) is 17.5 Å². The molecule has 13 nitrogen and oxygen atoms in total. The number of ether oxygens (including phenoxy) is 1. The number of urea groups is 1. The number of aromatic nitrogens is 2. The summed E-state index contributed by atoms with van der Waals surface area (Å²) >= 11 is 1.54. The van der Waals surface area contributed by atoms with Gasteiger partial charge in [-0.3, -0.25) is 4.79 Å². The van der Waals surface area contributed by atoms with E-state index in [0.717, 1.165) is 21.8 Å². The van der Waals surface area contributed by atoms with Gasteiger partial charge in [0.15, 0.2) is 18.8 Å². The first-order valence-corrected chi connectivity index (χ1v) is 17.8. The molecule has 5 N–H and O–H groups in total. The molecule has 4 aromatic rings. The lowest BCUT2D eigenvalue weighted by Gasteiger charge is -2.34. The third-order valence-electron chi connectivity index (χ3n) is 8.27. The van der Waals surface area contributed by atoms with Gasteiger partial charge >= 0.3 is 12.1 Å². The number of benzene rings is 2. The van der Waals surface area contributed by atoms with Crippen LogP contribution in [0.15, 0.2) is 83.1 Å². The minimum absolute atomic E-state index is 0.150. The number of carbonyl (C=O) groups excluding carboxylic acids is 3. The van der Waals surface area contributed by atoms with Gasteiger partial charge in [0.2, 0.25) is 5.91 Å². The molecule has 0 spiro atoms. The van der Waals surface area contributed by atoms with Crippen molar-refractivity contribution in [3.8, 4) is 0 Å². The van der Waals surface area contributed by atoms with Crippen LogP contribution in [0.5, 0.6) is 0 Å². The Kier molecular flexibility index (Phi) is 14.5. The summed E-state index contributed by atoms with van der Waals surface area (Å²) in [5, 5.41) is 34.7. The van der Waals surface area contributed by atoms with Gasteiger partial charge in [-0.1, -0.05) is 88.4 Å². The molecule has 2 aromatic heterocycles. The topological polar surface area (TPSA) is 179 Å². The van der Waals surface area contributed by atoms with Crippen LogP contribution < -0.4 is 16.0 Å². The van der Waals surface area contributed by atoms with Crippen LogP contribution in [0.2, 0.25) is 0 Å². The summed E-state index contributed by atoms with van der Waals surface area (Å²) in [6, 6.07) is 14.9. The van der Waals surface area contributed by atoms with Gasteiger partial charge in [-0.15, -0.1) is 11.3 Å². The summed E-state index contributed by atoms with van der Waals surface area (Å²) in [5.41, 5.74) is 2.34. The molecule has 0 unspecified atom stereocenters. The maximum atomic E-state index is 13.9. The van der Waals surface area contributed by atoms with Crippen LogP contribution in [0.3, 0.4) is 0 Å². The average Bonchev–Trinajstić information content (AvgIpc) is 3.82. The van der Waals surface area contributed by atoms with Crippen LogP contribution in [-0.2, 0) is 35.5 Å². The fourth-order valence-corrected chi connectivity index (χ4v) is 6.22. The fourth-order valence-electron chi connectivity index (χ4n) is 5.40. The Morgan fingerprint density at radius 3 is 1.98 bits per heavy atom. The van der Waals surface area contributed by atoms with Crippen molar-refractivity contribution in [1.82, 2.24) is 30.8 Å². The molecule has 5 atom stereocenters. The lowest BCUT2D eigenvalue weighted by atomic mass is 9.90. The smallest absolute Gasteiger partial charge is 0.407 e. The third kappa shape index (κ3) is 11.9. The number of alkyl carbamates (subject to hydrolysis) is 1. The largest absolute Gasteiger partial charge is 0.445 e. The van der Waals surface area contributed by atoms with Crippen LogP contribution in [0.1, 0.15) is 61.2 Å². The Labute approximate surface area is 302 Å². The molecule has 0 saturated carbocycles. The number of carbonyl (C=O) groups is 3. The minimum atomic E-state index is -1.55. The average molecular weight is 721 g/mol.